The predicted molar refractivity (Wildman–Crippen MR) is 53.1 cm³/mol. The summed E-state index contributed by atoms with van der Waals surface area (Å²) in [4.78, 5) is 13.2. The van der Waals surface area contributed by atoms with E-state index in [2.05, 4.69) is 20.9 Å². The van der Waals surface area contributed by atoms with Gasteiger partial charge in [0.2, 0.25) is 0 Å². The molecule has 0 saturated heterocycles. The van der Waals surface area contributed by atoms with Crippen LogP contribution in [0.3, 0.4) is 0 Å². The molecular weight excluding hydrogens is 297 g/mol. The number of nitrogens with zero attached hydrogens (tertiary/aromatic N) is 2. The topological polar surface area (TPSA) is 56.0 Å². The second kappa shape index (κ2) is 4.80. The first-order valence-corrected chi connectivity index (χ1v) is 4.98. The maximum atomic E-state index is 12.4. The molecule has 0 fully saturated rings. The van der Waals surface area contributed by atoms with Gasteiger partial charge in [0.15, 0.2) is 4.60 Å². The van der Waals surface area contributed by atoms with Crippen molar-refractivity contribution in [2.75, 3.05) is 0 Å². The molecule has 0 aliphatic rings. The number of hydrogen-bond donors (Lipinski definition) is 0. The van der Waals surface area contributed by atoms with Crippen LogP contribution in [0.25, 0.3) is 0 Å². The van der Waals surface area contributed by atoms with Crippen LogP contribution in [0.1, 0.15) is 17.7 Å². The van der Waals surface area contributed by atoms with E-state index >= 15 is 0 Å². The molecule has 1 aromatic heterocycles. The monoisotopic (exact) mass is 300 g/mol. The van der Waals surface area contributed by atoms with Gasteiger partial charge in [-0.25, -0.2) is 13.8 Å². The second-order valence-corrected chi connectivity index (χ2v) is 3.55. The standard InChI is InChI=1S/C7H4BrClF2N2O2/c8-6-4(13(14)15)1-3(2-9)5(12-6)7(10)11/h1,7H,2H2. The molecule has 1 rings (SSSR count). The lowest BCUT2D eigenvalue weighted by Gasteiger charge is -2.05. The van der Waals surface area contributed by atoms with Gasteiger partial charge in [-0.3, -0.25) is 10.1 Å². The van der Waals surface area contributed by atoms with E-state index in [1.165, 1.54) is 0 Å². The van der Waals surface area contributed by atoms with Gasteiger partial charge in [-0.05, 0) is 15.9 Å². The zero-order valence-electron chi connectivity index (χ0n) is 7.08. The fraction of sp³-hybridized carbons (Fsp3) is 0.286. The Hall–Kier alpha value is -0.820. The molecule has 0 spiro atoms. The number of halogens is 4. The lowest BCUT2D eigenvalue weighted by molar-refractivity contribution is -0.386. The fourth-order valence-corrected chi connectivity index (χ4v) is 1.62. The van der Waals surface area contributed by atoms with Gasteiger partial charge in [0, 0.05) is 17.5 Å². The zero-order valence-corrected chi connectivity index (χ0v) is 9.43. The van der Waals surface area contributed by atoms with Gasteiger partial charge in [0.25, 0.3) is 6.43 Å². The summed E-state index contributed by atoms with van der Waals surface area (Å²) < 4.78 is 24.6. The van der Waals surface area contributed by atoms with E-state index in [1.807, 2.05) is 0 Å². The van der Waals surface area contributed by atoms with Crippen LogP contribution < -0.4 is 0 Å². The molecular formula is C7H4BrClF2N2O2. The number of rotatable bonds is 3. The number of alkyl halides is 3. The molecule has 0 saturated carbocycles. The number of hydrogen-bond acceptors (Lipinski definition) is 3. The van der Waals surface area contributed by atoms with Crippen LogP contribution in [0.4, 0.5) is 14.5 Å². The third-order valence-corrected chi connectivity index (χ3v) is 2.49. The summed E-state index contributed by atoms with van der Waals surface area (Å²) >= 11 is 8.14. The first kappa shape index (κ1) is 12.3. The van der Waals surface area contributed by atoms with Crippen molar-refractivity contribution >= 4 is 33.2 Å². The van der Waals surface area contributed by atoms with Gasteiger partial charge in [-0.15, -0.1) is 11.6 Å². The number of aromatic nitrogens is 1. The average Bonchev–Trinajstić information content (AvgIpc) is 2.16. The first-order chi connectivity index (χ1) is 6.97. The molecule has 8 heteroatoms. The van der Waals surface area contributed by atoms with Crippen LogP contribution in [0.2, 0.25) is 0 Å². The summed E-state index contributed by atoms with van der Waals surface area (Å²) in [6, 6.07) is 0.992. The molecule has 0 aromatic carbocycles. The third-order valence-electron chi connectivity index (χ3n) is 1.62. The van der Waals surface area contributed by atoms with E-state index in [-0.39, 0.29) is 21.7 Å². The summed E-state index contributed by atoms with van der Waals surface area (Å²) in [5.74, 6) is -0.249. The number of nitro groups is 1. The molecule has 1 heterocycles. The molecule has 0 amide bonds. The van der Waals surface area contributed by atoms with Gasteiger partial charge in [-0.1, -0.05) is 0 Å². The van der Waals surface area contributed by atoms with E-state index in [0.717, 1.165) is 6.07 Å². The van der Waals surface area contributed by atoms with Crippen LogP contribution >= 0.6 is 27.5 Å². The Balaban J connectivity index is 3.35. The highest BCUT2D eigenvalue weighted by Crippen LogP contribution is 2.30. The maximum absolute atomic E-state index is 12.4. The van der Waals surface area contributed by atoms with Crippen LogP contribution in [0, 0.1) is 10.1 Å². The Labute approximate surface area is 96.5 Å². The highest BCUT2D eigenvalue weighted by molar-refractivity contribution is 9.10. The smallest absolute Gasteiger partial charge is 0.258 e. The van der Waals surface area contributed by atoms with Crippen LogP contribution in [0.5, 0.6) is 0 Å². The van der Waals surface area contributed by atoms with Crippen molar-refractivity contribution in [1.82, 2.24) is 4.98 Å². The largest absolute Gasteiger partial charge is 0.302 e. The van der Waals surface area contributed by atoms with E-state index in [0.29, 0.717) is 0 Å². The highest BCUT2D eigenvalue weighted by atomic mass is 79.9. The Morgan fingerprint density at radius 2 is 2.27 bits per heavy atom. The Morgan fingerprint density at radius 3 is 2.67 bits per heavy atom. The molecule has 0 aliphatic heterocycles. The van der Waals surface area contributed by atoms with Gasteiger partial charge in [0.1, 0.15) is 5.69 Å². The Morgan fingerprint density at radius 1 is 1.67 bits per heavy atom. The molecule has 0 bridgehead atoms. The molecule has 0 N–H and O–H groups in total. The predicted octanol–water partition coefficient (Wildman–Crippen LogP) is 3.43. The lowest BCUT2D eigenvalue weighted by atomic mass is 10.2. The molecule has 82 valence electrons. The quantitative estimate of drug-likeness (QED) is 0.372. The van der Waals surface area contributed by atoms with E-state index in [4.69, 9.17) is 11.6 Å². The van der Waals surface area contributed by atoms with Crippen molar-refractivity contribution in [2.24, 2.45) is 0 Å². The van der Waals surface area contributed by atoms with Crippen molar-refractivity contribution < 1.29 is 13.7 Å². The number of pyridine rings is 1. The van der Waals surface area contributed by atoms with Gasteiger partial charge < -0.3 is 0 Å². The van der Waals surface area contributed by atoms with Crippen molar-refractivity contribution in [3.63, 3.8) is 0 Å². The summed E-state index contributed by atoms with van der Waals surface area (Å²) in [5.41, 5.74) is -0.959. The molecule has 0 atom stereocenters. The molecule has 4 nitrogen and oxygen atoms in total. The second-order valence-electron chi connectivity index (χ2n) is 2.53. The SMILES string of the molecule is O=[N+]([O-])c1cc(CCl)c(C(F)F)nc1Br. The highest BCUT2D eigenvalue weighted by Gasteiger charge is 2.22. The summed E-state index contributed by atoms with van der Waals surface area (Å²) in [5, 5.41) is 10.5. The van der Waals surface area contributed by atoms with Gasteiger partial charge in [0.05, 0.1) is 4.92 Å². The van der Waals surface area contributed by atoms with Crippen molar-refractivity contribution in [3.05, 3.63) is 32.0 Å². The first-order valence-electron chi connectivity index (χ1n) is 3.65. The summed E-state index contributed by atoms with van der Waals surface area (Å²) in [6.45, 7) is 0. The van der Waals surface area contributed by atoms with Gasteiger partial charge >= 0.3 is 5.69 Å². The van der Waals surface area contributed by atoms with E-state index in [1.54, 1.807) is 0 Å². The molecule has 1 aromatic rings. The van der Waals surface area contributed by atoms with Crippen LogP contribution in [-0.4, -0.2) is 9.91 Å². The third kappa shape index (κ3) is 2.60. The minimum Gasteiger partial charge on any atom is -0.258 e. The van der Waals surface area contributed by atoms with Crippen molar-refractivity contribution in [1.29, 1.82) is 0 Å². The van der Waals surface area contributed by atoms with Crippen molar-refractivity contribution in [3.8, 4) is 0 Å². The fourth-order valence-electron chi connectivity index (χ4n) is 0.957. The Kier molecular flexibility index (Phi) is 3.92. The Bertz CT molecular complexity index is 403. The normalized spacial score (nSPS) is 10.7. The minimum atomic E-state index is -2.81. The lowest BCUT2D eigenvalue weighted by Crippen LogP contribution is -2.01. The van der Waals surface area contributed by atoms with Crippen LogP contribution in [0.15, 0.2) is 10.7 Å². The average molecular weight is 301 g/mol. The summed E-state index contributed by atoms with van der Waals surface area (Å²) in [7, 11) is 0. The molecule has 15 heavy (non-hydrogen) atoms. The van der Waals surface area contributed by atoms with Gasteiger partial charge in [-0.2, -0.15) is 0 Å². The molecule has 0 radical (unpaired) electrons. The minimum absolute atomic E-state index is 0.0402. The van der Waals surface area contributed by atoms with E-state index in [9.17, 15) is 18.9 Å². The molecule has 0 unspecified atom stereocenters. The summed E-state index contributed by atoms with van der Waals surface area (Å²) in [6.07, 6.45) is -2.81. The molecule has 0 aliphatic carbocycles. The maximum Gasteiger partial charge on any atom is 0.302 e. The van der Waals surface area contributed by atoms with E-state index < -0.39 is 17.0 Å². The zero-order chi connectivity index (χ0) is 11.6. The van der Waals surface area contributed by atoms with Crippen LogP contribution in [-0.2, 0) is 5.88 Å². The van der Waals surface area contributed by atoms with Crippen molar-refractivity contribution in [2.45, 2.75) is 12.3 Å².